The van der Waals surface area contributed by atoms with Crippen LogP contribution in [0, 0.1) is 0 Å². The first-order valence-corrected chi connectivity index (χ1v) is 12.1. The van der Waals surface area contributed by atoms with E-state index in [4.69, 9.17) is 11.6 Å². The van der Waals surface area contributed by atoms with E-state index in [2.05, 4.69) is 9.72 Å². The number of esters is 1. The van der Waals surface area contributed by atoms with Gasteiger partial charge in [0.05, 0.1) is 18.2 Å². The summed E-state index contributed by atoms with van der Waals surface area (Å²) >= 11 is 6.12. The van der Waals surface area contributed by atoms with Crippen molar-refractivity contribution in [2.75, 3.05) is 7.11 Å². The van der Waals surface area contributed by atoms with Crippen LogP contribution in [-0.4, -0.2) is 30.5 Å². The predicted octanol–water partition coefficient (Wildman–Crippen LogP) is 5.72. The number of nitrogens with zero attached hydrogens (tertiary/aromatic N) is 2. The molecule has 0 aliphatic rings. The lowest BCUT2D eigenvalue weighted by Gasteiger charge is -2.10. The van der Waals surface area contributed by atoms with Crippen LogP contribution in [0.5, 0.6) is 0 Å². The standard InChI is InChI=1S/C24H18ClF3N2O4S/c1-34-23(31)9-4-16-14-30(22-8-7-19(25)11-21(16)22)35(32,33)20-10-17(12-29-13-20)15-2-5-18(6-3-15)24(26,27)28/h2-3,5-8,10-14H,4,9H2,1H3. The fourth-order valence-electron chi connectivity index (χ4n) is 3.66. The third-order valence-corrected chi connectivity index (χ3v) is 7.33. The van der Waals surface area contributed by atoms with Gasteiger partial charge in [-0.2, -0.15) is 13.2 Å². The first-order chi connectivity index (χ1) is 16.5. The van der Waals surface area contributed by atoms with Gasteiger partial charge in [-0.25, -0.2) is 12.4 Å². The van der Waals surface area contributed by atoms with Gasteiger partial charge in [0.25, 0.3) is 10.0 Å². The Hall–Kier alpha value is -3.37. The van der Waals surface area contributed by atoms with Gasteiger partial charge in [-0.05, 0) is 53.9 Å². The number of methoxy groups -OCH3 is 1. The molecule has 0 aliphatic carbocycles. The summed E-state index contributed by atoms with van der Waals surface area (Å²) in [7, 11) is -2.88. The van der Waals surface area contributed by atoms with Crippen molar-refractivity contribution in [2.24, 2.45) is 0 Å². The molecule has 6 nitrogen and oxygen atoms in total. The lowest BCUT2D eigenvalue weighted by Crippen LogP contribution is -2.12. The molecule has 0 unspecified atom stereocenters. The summed E-state index contributed by atoms with van der Waals surface area (Å²) in [5.41, 5.74) is 0.850. The van der Waals surface area contributed by atoms with Gasteiger partial charge in [-0.3, -0.25) is 9.78 Å². The highest BCUT2D eigenvalue weighted by Crippen LogP contribution is 2.33. The normalized spacial score (nSPS) is 12.1. The van der Waals surface area contributed by atoms with Crippen molar-refractivity contribution < 1.29 is 31.1 Å². The second-order valence-electron chi connectivity index (χ2n) is 7.68. The molecule has 11 heteroatoms. The van der Waals surface area contributed by atoms with Gasteiger partial charge in [0.15, 0.2) is 0 Å². The molecule has 2 aromatic heterocycles. The number of alkyl halides is 3. The van der Waals surface area contributed by atoms with E-state index in [0.29, 0.717) is 32.6 Å². The molecule has 0 atom stereocenters. The summed E-state index contributed by atoms with van der Waals surface area (Å²) in [4.78, 5) is 15.5. The van der Waals surface area contributed by atoms with Crippen molar-refractivity contribution in [2.45, 2.75) is 23.9 Å². The second-order valence-corrected chi connectivity index (χ2v) is 9.93. The van der Waals surface area contributed by atoms with Crippen LogP contribution >= 0.6 is 11.6 Å². The van der Waals surface area contributed by atoms with Gasteiger partial charge in [0, 0.05) is 41.0 Å². The number of hydrogen-bond donors (Lipinski definition) is 0. The lowest BCUT2D eigenvalue weighted by atomic mass is 10.1. The van der Waals surface area contributed by atoms with Gasteiger partial charge in [0.2, 0.25) is 0 Å². The number of carbonyl (C=O) groups excluding carboxylic acids is 1. The summed E-state index contributed by atoms with van der Waals surface area (Å²) in [5.74, 6) is -0.441. The van der Waals surface area contributed by atoms with E-state index in [9.17, 15) is 26.4 Å². The van der Waals surface area contributed by atoms with Crippen LogP contribution in [-0.2, 0) is 32.2 Å². The highest BCUT2D eigenvalue weighted by Gasteiger charge is 2.30. The van der Waals surface area contributed by atoms with Gasteiger partial charge in [-0.15, -0.1) is 0 Å². The Balaban J connectivity index is 1.76. The van der Waals surface area contributed by atoms with Crippen molar-refractivity contribution in [1.82, 2.24) is 8.96 Å². The maximum absolute atomic E-state index is 13.6. The summed E-state index contributed by atoms with van der Waals surface area (Å²) in [6.07, 6.45) is -0.241. The third kappa shape index (κ3) is 5.03. The van der Waals surface area contributed by atoms with Crippen molar-refractivity contribution in [3.05, 3.63) is 83.3 Å². The van der Waals surface area contributed by atoms with Crippen molar-refractivity contribution in [3.63, 3.8) is 0 Å². The van der Waals surface area contributed by atoms with Crippen LogP contribution in [0.25, 0.3) is 22.0 Å². The molecule has 2 aromatic carbocycles. The molecule has 0 radical (unpaired) electrons. The number of fused-ring (bicyclic) bond motifs is 1. The predicted molar refractivity (Wildman–Crippen MR) is 125 cm³/mol. The number of aromatic nitrogens is 2. The van der Waals surface area contributed by atoms with E-state index in [1.807, 2.05) is 0 Å². The number of pyridine rings is 1. The van der Waals surface area contributed by atoms with Crippen LogP contribution < -0.4 is 0 Å². The number of rotatable bonds is 6. The molecule has 2 heterocycles. The van der Waals surface area contributed by atoms with Crippen LogP contribution in [0.3, 0.4) is 0 Å². The molecular formula is C24H18ClF3N2O4S. The van der Waals surface area contributed by atoms with Crippen molar-refractivity contribution >= 4 is 38.5 Å². The quantitative estimate of drug-likeness (QED) is 0.303. The molecule has 4 aromatic rings. The molecule has 182 valence electrons. The number of hydrogen-bond acceptors (Lipinski definition) is 5. The average molecular weight is 523 g/mol. The van der Waals surface area contributed by atoms with E-state index < -0.39 is 27.7 Å². The van der Waals surface area contributed by atoms with Crippen molar-refractivity contribution in [1.29, 1.82) is 0 Å². The van der Waals surface area contributed by atoms with E-state index in [1.54, 1.807) is 18.2 Å². The summed E-state index contributed by atoms with van der Waals surface area (Å²) < 4.78 is 71.5. The van der Waals surface area contributed by atoms with Crippen LogP contribution in [0.2, 0.25) is 5.02 Å². The maximum Gasteiger partial charge on any atom is 0.416 e. The van der Waals surface area contributed by atoms with Gasteiger partial charge in [0.1, 0.15) is 4.90 Å². The molecule has 0 amide bonds. The Morgan fingerprint density at radius 1 is 1.06 bits per heavy atom. The Morgan fingerprint density at radius 2 is 1.77 bits per heavy atom. The highest BCUT2D eigenvalue weighted by molar-refractivity contribution is 7.90. The Bertz CT molecular complexity index is 1510. The molecule has 35 heavy (non-hydrogen) atoms. The highest BCUT2D eigenvalue weighted by atomic mass is 35.5. The van der Waals surface area contributed by atoms with E-state index in [1.165, 1.54) is 43.9 Å². The first kappa shape index (κ1) is 24.7. The van der Waals surface area contributed by atoms with Crippen molar-refractivity contribution in [3.8, 4) is 11.1 Å². The molecule has 0 bridgehead atoms. The van der Waals surface area contributed by atoms with Crippen LogP contribution in [0.15, 0.2) is 72.0 Å². The molecule has 0 spiro atoms. The number of carbonyl (C=O) groups is 1. The second kappa shape index (κ2) is 9.35. The van der Waals surface area contributed by atoms with E-state index in [0.717, 1.165) is 16.1 Å². The zero-order valence-electron chi connectivity index (χ0n) is 18.2. The Kier molecular flexibility index (Phi) is 6.61. The molecule has 0 fully saturated rings. The third-order valence-electron chi connectivity index (χ3n) is 5.46. The molecule has 0 aliphatic heterocycles. The summed E-state index contributed by atoms with van der Waals surface area (Å²) in [6.45, 7) is 0. The smallest absolute Gasteiger partial charge is 0.416 e. The SMILES string of the molecule is COC(=O)CCc1cn(S(=O)(=O)c2cncc(-c3ccc(C(F)(F)F)cc3)c2)c2ccc(Cl)cc12. The number of aryl methyl sites for hydroxylation is 1. The summed E-state index contributed by atoms with van der Waals surface area (Å²) in [6, 6.07) is 10.4. The monoisotopic (exact) mass is 522 g/mol. The molecule has 0 saturated heterocycles. The number of benzene rings is 2. The van der Waals surface area contributed by atoms with E-state index >= 15 is 0 Å². The fourth-order valence-corrected chi connectivity index (χ4v) is 5.21. The average Bonchev–Trinajstić information content (AvgIpc) is 3.20. The van der Waals surface area contributed by atoms with Crippen LogP contribution in [0.1, 0.15) is 17.5 Å². The molecule has 0 saturated carbocycles. The first-order valence-electron chi connectivity index (χ1n) is 10.3. The summed E-state index contributed by atoms with van der Waals surface area (Å²) in [5, 5.41) is 0.967. The van der Waals surface area contributed by atoms with Gasteiger partial charge in [-0.1, -0.05) is 23.7 Å². The number of halogens is 4. The minimum Gasteiger partial charge on any atom is -0.469 e. The molecule has 0 N–H and O–H groups in total. The fraction of sp³-hybridized carbons (Fsp3) is 0.167. The van der Waals surface area contributed by atoms with Gasteiger partial charge >= 0.3 is 12.1 Å². The zero-order valence-corrected chi connectivity index (χ0v) is 19.8. The zero-order chi connectivity index (χ0) is 25.4. The molecule has 4 rings (SSSR count). The molecular weight excluding hydrogens is 505 g/mol. The van der Waals surface area contributed by atoms with Crippen LogP contribution in [0.4, 0.5) is 13.2 Å². The largest absolute Gasteiger partial charge is 0.469 e. The Morgan fingerprint density at radius 3 is 2.43 bits per heavy atom. The van der Waals surface area contributed by atoms with Gasteiger partial charge < -0.3 is 4.74 Å². The topological polar surface area (TPSA) is 78.3 Å². The lowest BCUT2D eigenvalue weighted by molar-refractivity contribution is -0.140. The Labute approximate surface area is 204 Å². The minimum atomic E-state index is -4.48. The minimum absolute atomic E-state index is 0.0487. The number of ether oxygens (including phenoxy) is 1. The van der Waals surface area contributed by atoms with E-state index in [-0.39, 0.29) is 17.7 Å². The maximum atomic E-state index is 13.6.